The Labute approximate surface area is 144 Å². The Hall–Kier alpha value is -1.71. The van der Waals surface area contributed by atoms with E-state index in [4.69, 9.17) is 16.7 Å². The van der Waals surface area contributed by atoms with Crippen molar-refractivity contribution in [2.24, 2.45) is 0 Å². The van der Waals surface area contributed by atoms with Crippen LogP contribution in [0.25, 0.3) is 0 Å². The highest BCUT2D eigenvalue weighted by atomic mass is 35.5. The summed E-state index contributed by atoms with van der Waals surface area (Å²) in [5.41, 5.74) is -0.0821. The number of rotatable bonds is 8. The van der Waals surface area contributed by atoms with Gasteiger partial charge in [0.1, 0.15) is 16.8 Å². The van der Waals surface area contributed by atoms with Gasteiger partial charge < -0.3 is 10.4 Å². The van der Waals surface area contributed by atoms with Crippen LogP contribution in [0.15, 0.2) is 17.0 Å². The molecule has 10 heteroatoms. The molecule has 3 N–H and O–H groups in total. The van der Waals surface area contributed by atoms with Crippen molar-refractivity contribution in [1.82, 2.24) is 4.72 Å². The van der Waals surface area contributed by atoms with Gasteiger partial charge in [-0.05, 0) is 12.5 Å². The minimum Gasteiger partial charge on any atom is -0.480 e. The first-order valence-corrected chi connectivity index (χ1v) is 8.96. The van der Waals surface area contributed by atoms with Gasteiger partial charge in [0.25, 0.3) is 0 Å². The maximum atomic E-state index is 14.1. The second kappa shape index (κ2) is 8.41. The van der Waals surface area contributed by atoms with E-state index in [-0.39, 0.29) is 17.1 Å². The molecule has 0 radical (unpaired) electrons. The molecular formula is C14H18ClFN2O5S. The normalized spacial score (nSPS) is 12.7. The first-order chi connectivity index (χ1) is 11.1. The third-order valence-electron chi connectivity index (χ3n) is 3.06. The number of hydrogen-bond donors (Lipinski definition) is 3. The number of amides is 1. The summed E-state index contributed by atoms with van der Waals surface area (Å²) in [5.74, 6) is -3.01. The van der Waals surface area contributed by atoms with E-state index < -0.39 is 38.7 Å². The summed E-state index contributed by atoms with van der Waals surface area (Å²) < 4.78 is 40.6. The highest BCUT2D eigenvalue weighted by Crippen LogP contribution is 2.28. The van der Waals surface area contributed by atoms with Gasteiger partial charge in [0.15, 0.2) is 0 Å². The van der Waals surface area contributed by atoms with Crippen LogP contribution in [-0.2, 0) is 19.6 Å². The van der Waals surface area contributed by atoms with Crippen molar-refractivity contribution in [3.8, 4) is 0 Å². The van der Waals surface area contributed by atoms with Gasteiger partial charge in [-0.15, -0.1) is 0 Å². The van der Waals surface area contributed by atoms with E-state index in [1.165, 1.54) is 6.92 Å². The largest absolute Gasteiger partial charge is 0.480 e. The number of aliphatic carboxylic acids is 1. The van der Waals surface area contributed by atoms with E-state index in [0.717, 1.165) is 12.1 Å². The Morgan fingerprint density at radius 3 is 2.50 bits per heavy atom. The van der Waals surface area contributed by atoms with Crippen LogP contribution >= 0.6 is 11.6 Å². The number of nitrogens with one attached hydrogen (secondary N) is 2. The van der Waals surface area contributed by atoms with Gasteiger partial charge in [-0.1, -0.05) is 31.4 Å². The van der Waals surface area contributed by atoms with Crippen LogP contribution in [0.2, 0.25) is 5.02 Å². The molecule has 24 heavy (non-hydrogen) atoms. The van der Waals surface area contributed by atoms with Crippen molar-refractivity contribution < 1.29 is 27.5 Å². The monoisotopic (exact) mass is 380 g/mol. The number of benzene rings is 1. The van der Waals surface area contributed by atoms with Crippen LogP contribution in [0, 0.1) is 5.82 Å². The van der Waals surface area contributed by atoms with Gasteiger partial charge >= 0.3 is 5.97 Å². The molecule has 0 aliphatic rings. The smallest absolute Gasteiger partial charge is 0.321 e. The molecule has 7 nitrogen and oxygen atoms in total. The number of unbranched alkanes of at least 4 members (excludes halogenated alkanes) is 1. The Bertz CT molecular complexity index is 739. The predicted octanol–water partition coefficient (Wildman–Crippen LogP) is 2.36. The van der Waals surface area contributed by atoms with Crippen molar-refractivity contribution in [3.63, 3.8) is 0 Å². The highest BCUT2D eigenvalue weighted by Gasteiger charge is 2.28. The SMILES string of the molecule is CCCC[C@H](NS(=O)(=O)c1cc(Cl)c(NC(C)=O)cc1F)C(=O)O. The van der Waals surface area contributed by atoms with Crippen LogP contribution in [-0.4, -0.2) is 31.4 Å². The van der Waals surface area contributed by atoms with Crippen LogP contribution in [0.5, 0.6) is 0 Å². The van der Waals surface area contributed by atoms with E-state index in [0.29, 0.717) is 12.8 Å². The van der Waals surface area contributed by atoms with E-state index in [9.17, 15) is 22.4 Å². The number of halogens is 2. The number of anilines is 1. The summed E-state index contributed by atoms with van der Waals surface area (Å²) >= 11 is 5.84. The average molecular weight is 381 g/mol. The molecular weight excluding hydrogens is 363 g/mol. The number of sulfonamides is 1. The number of carboxylic acid groups (broad SMARTS) is 1. The lowest BCUT2D eigenvalue weighted by atomic mass is 10.1. The summed E-state index contributed by atoms with van der Waals surface area (Å²) in [4.78, 5) is 21.4. The standard InChI is InChI=1S/C14H18ClFN2O5S/c1-3-4-5-11(14(20)21)18-24(22,23)13-6-9(15)12(7-10(13)16)17-8(2)19/h6-7,11,18H,3-5H2,1-2H3,(H,17,19)(H,20,21)/t11-/m0/s1. The van der Waals surface area contributed by atoms with E-state index in [1.54, 1.807) is 0 Å². The molecule has 134 valence electrons. The number of hydrogen-bond acceptors (Lipinski definition) is 4. The van der Waals surface area contributed by atoms with Gasteiger partial charge in [0.05, 0.1) is 10.7 Å². The molecule has 0 fully saturated rings. The molecule has 0 spiro atoms. The first-order valence-electron chi connectivity index (χ1n) is 7.10. The predicted molar refractivity (Wildman–Crippen MR) is 87.0 cm³/mol. The fourth-order valence-electron chi connectivity index (χ4n) is 1.91. The summed E-state index contributed by atoms with van der Waals surface area (Å²) in [6, 6.07) is 0.215. The Morgan fingerprint density at radius 1 is 1.38 bits per heavy atom. The quantitative estimate of drug-likeness (QED) is 0.640. The highest BCUT2D eigenvalue weighted by molar-refractivity contribution is 7.89. The summed E-state index contributed by atoms with van der Waals surface area (Å²) in [6.07, 6.45) is 1.24. The number of carbonyl (C=O) groups excluding carboxylic acids is 1. The number of carboxylic acids is 1. The van der Waals surface area contributed by atoms with Crippen LogP contribution in [0.1, 0.15) is 33.1 Å². The van der Waals surface area contributed by atoms with E-state index in [2.05, 4.69) is 5.32 Å². The van der Waals surface area contributed by atoms with Gasteiger partial charge in [-0.25, -0.2) is 12.8 Å². The fourth-order valence-corrected chi connectivity index (χ4v) is 3.50. The van der Waals surface area contributed by atoms with Crippen molar-refractivity contribution in [1.29, 1.82) is 0 Å². The van der Waals surface area contributed by atoms with E-state index >= 15 is 0 Å². The molecule has 0 aliphatic carbocycles. The molecule has 0 aliphatic heterocycles. The van der Waals surface area contributed by atoms with E-state index in [1.807, 2.05) is 11.6 Å². The minimum absolute atomic E-state index is 0.0738. The summed E-state index contributed by atoms with van der Waals surface area (Å²) in [6.45, 7) is 3.01. The molecule has 1 rings (SSSR count). The summed E-state index contributed by atoms with van der Waals surface area (Å²) in [7, 11) is -4.44. The zero-order chi connectivity index (χ0) is 18.5. The zero-order valence-corrected chi connectivity index (χ0v) is 14.7. The molecule has 0 aromatic heterocycles. The van der Waals surface area contributed by atoms with Gasteiger partial charge in [-0.2, -0.15) is 4.72 Å². The second-order valence-corrected chi connectivity index (χ2v) is 7.19. The lowest BCUT2D eigenvalue weighted by molar-refractivity contribution is -0.139. The molecule has 0 bridgehead atoms. The zero-order valence-electron chi connectivity index (χ0n) is 13.1. The molecule has 0 saturated carbocycles. The molecule has 0 unspecified atom stereocenters. The Kier molecular flexibility index (Phi) is 7.12. The topological polar surface area (TPSA) is 113 Å². The molecule has 1 atom stereocenters. The van der Waals surface area contributed by atoms with Crippen molar-refractivity contribution >= 4 is 39.2 Å². The molecule has 1 aromatic rings. The first kappa shape index (κ1) is 20.3. The average Bonchev–Trinajstić information content (AvgIpc) is 2.45. The Balaban J connectivity index is 3.16. The van der Waals surface area contributed by atoms with Crippen molar-refractivity contribution in [2.75, 3.05) is 5.32 Å². The maximum Gasteiger partial charge on any atom is 0.321 e. The lowest BCUT2D eigenvalue weighted by Crippen LogP contribution is -2.41. The van der Waals surface area contributed by atoms with Gasteiger partial charge in [0.2, 0.25) is 15.9 Å². The number of carbonyl (C=O) groups is 2. The molecule has 0 saturated heterocycles. The Morgan fingerprint density at radius 2 is 2.00 bits per heavy atom. The molecule has 0 heterocycles. The fraction of sp³-hybridized carbons (Fsp3) is 0.429. The van der Waals surface area contributed by atoms with Crippen molar-refractivity contribution in [3.05, 3.63) is 23.0 Å². The van der Waals surface area contributed by atoms with Crippen LogP contribution in [0.4, 0.5) is 10.1 Å². The summed E-state index contributed by atoms with van der Waals surface area (Å²) in [5, 5.41) is 11.2. The van der Waals surface area contributed by atoms with Gasteiger partial charge in [-0.3, -0.25) is 9.59 Å². The third-order valence-corrected chi connectivity index (χ3v) is 4.86. The maximum absolute atomic E-state index is 14.1. The lowest BCUT2D eigenvalue weighted by Gasteiger charge is -2.16. The molecule has 1 amide bonds. The third kappa shape index (κ3) is 5.43. The minimum atomic E-state index is -4.44. The van der Waals surface area contributed by atoms with Crippen LogP contribution < -0.4 is 10.0 Å². The van der Waals surface area contributed by atoms with Gasteiger partial charge in [0, 0.05) is 13.0 Å². The van der Waals surface area contributed by atoms with Crippen LogP contribution in [0.3, 0.4) is 0 Å². The van der Waals surface area contributed by atoms with Crippen molar-refractivity contribution in [2.45, 2.75) is 44.0 Å². The molecule has 1 aromatic carbocycles. The second-order valence-electron chi connectivity index (χ2n) is 5.10.